The SMILES string of the molecule is COCCN(CCCl)CCN1CCOCC1. The van der Waals surface area contributed by atoms with E-state index in [9.17, 15) is 0 Å². The van der Waals surface area contributed by atoms with Crippen molar-refractivity contribution in [2.75, 3.05) is 72.1 Å². The van der Waals surface area contributed by atoms with E-state index in [0.717, 1.165) is 59.1 Å². The lowest BCUT2D eigenvalue weighted by atomic mass is 10.4. The summed E-state index contributed by atoms with van der Waals surface area (Å²) in [4.78, 5) is 4.80. The third-order valence-corrected chi connectivity index (χ3v) is 3.02. The molecule has 1 aliphatic heterocycles. The van der Waals surface area contributed by atoms with Crippen LogP contribution in [0.2, 0.25) is 0 Å². The molecule has 1 fully saturated rings. The zero-order chi connectivity index (χ0) is 11.6. The van der Waals surface area contributed by atoms with Crippen molar-refractivity contribution in [2.24, 2.45) is 0 Å². The molecule has 0 aromatic carbocycles. The first-order valence-electron chi connectivity index (χ1n) is 5.94. The number of hydrogen-bond donors (Lipinski definition) is 0. The fraction of sp³-hybridized carbons (Fsp3) is 1.00. The van der Waals surface area contributed by atoms with Gasteiger partial charge in [0.2, 0.25) is 0 Å². The number of halogens is 1. The number of hydrogen-bond acceptors (Lipinski definition) is 4. The zero-order valence-electron chi connectivity index (χ0n) is 10.2. The van der Waals surface area contributed by atoms with Crippen molar-refractivity contribution in [1.82, 2.24) is 9.80 Å². The van der Waals surface area contributed by atoms with E-state index in [2.05, 4.69) is 9.80 Å². The number of ether oxygens (including phenoxy) is 2. The summed E-state index contributed by atoms with van der Waals surface area (Å²) in [7, 11) is 1.74. The summed E-state index contributed by atoms with van der Waals surface area (Å²) < 4.78 is 10.4. The standard InChI is InChI=1S/C11H23ClN2O2/c1-15-9-6-13(3-2-12)4-5-14-7-10-16-11-8-14/h2-11H2,1H3. The highest BCUT2D eigenvalue weighted by Gasteiger charge is 2.11. The van der Waals surface area contributed by atoms with E-state index in [1.807, 2.05) is 0 Å². The van der Waals surface area contributed by atoms with Crippen LogP contribution in [-0.4, -0.2) is 81.9 Å². The summed E-state index contributed by atoms with van der Waals surface area (Å²) in [6.45, 7) is 8.70. The van der Waals surface area contributed by atoms with E-state index in [4.69, 9.17) is 21.1 Å². The average Bonchev–Trinajstić information content (AvgIpc) is 2.34. The fourth-order valence-corrected chi connectivity index (χ4v) is 2.02. The minimum Gasteiger partial charge on any atom is -0.383 e. The van der Waals surface area contributed by atoms with Crippen LogP contribution in [0.15, 0.2) is 0 Å². The first-order chi connectivity index (χ1) is 7.86. The molecule has 0 saturated carbocycles. The molecule has 16 heavy (non-hydrogen) atoms. The first-order valence-corrected chi connectivity index (χ1v) is 6.47. The van der Waals surface area contributed by atoms with Crippen molar-refractivity contribution in [2.45, 2.75) is 0 Å². The molecule has 5 heteroatoms. The smallest absolute Gasteiger partial charge is 0.0594 e. The Morgan fingerprint density at radius 2 is 2.00 bits per heavy atom. The third-order valence-electron chi connectivity index (χ3n) is 2.85. The lowest BCUT2D eigenvalue weighted by molar-refractivity contribution is 0.0323. The maximum Gasteiger partial charge on any atom is 0.0594 e. The number of nitrogens with zero attached hydrogens (tertiary/aromatic N) is 2. The molecule has 0 aromatic heterocycles. The van der Waals surface area contributed by atoms with Crippen molar-refractivity contribution >= 4 is 11.6 Å². The van der Waals surface area contributed by atoms with E-state index in [0.29, 0.717) is 5.88 Å². The molecular formula is C11H23ClN2O2. The van der Waals surface area contributed by atoms with Crippen molar-refractivity contribution in [3.63, 3.8) is 0 Å². The van der Waals surface area contributed by atoms with Crippen LogP contribution >= 0.6 is 11.6 Å². The summed E-state index contributed by atoms with van der Waals surface area (Å²) in [5, 5.41) is 0. The van der Waals surface area contributed by atoms with Gasteiger partial charge in [-0.2, -0.15) is 0 Å². The van der Waals surface area contributed by atoms with Crippen LogP contribution in [-0.2, 0) is 9.47 Å². The van der Waals surface area contributed by atoms with E-state index < -0.39 is 0 Å². The van der Waals surface area contributed by atoms with Gasteiger partial charge in [-0.15, -0.1) is 11.6 Å². The van der Waals surface area contributed by atoms with Gasteiger partial charge in [0.25, 0.3) is 0 Å². The van der Waals surface area contributed by atoms with Gasteiger partial charge in [-0.05, 0) is 0 Å². The predicted octanol–water partition coefficient (Wildman–Crippen LogP) is 0.506. The summed E-state index contributed by atoms with van der Waals surface area (Å²) in [6.07, 6.45) is 0. The summed E-state index contributed by atoms with van der Waals surface area (Å²) in [6, 6.07) is 0. The molecule has 0 unspecified atom stereocenters. The van der Waals surface area contributed by atoms with Gasteiger partial charge >= 0.3 is 0 Å². The molecule has 1 aliphatic rings. The van der Waals surface area contributed by atoms with Crippen LogP contribution < -0.4 is 0 Å². The van der Waals surface area contributed by atoms with Crippen molar-refractivity contribution in [3.8, 4) is 0 Å². The molecule has 96 valence electrons. The molecular weight excluding hydrogens is 228 g/mol. The molecule has 0 N–H and O–H groups in total. The number of rotatable bonds is 8. The molecule has 1 heterocycles. The molecule has 0 atom stereocenters. The maximum atomic E-state index is 5.78. The molecule has 0 spiro atoms. The van der Waals surface area contributed by atoms with Gasteiger partial charge < -0.3 is 9.47 Å². The van der Waals surface area contributed by atoms with Crippen LogP contribution in [0.3, 0.4) is 0 Å². The molecule has 0 aliphatic carbocycles. The third kappa shape index (κ3) is 6.01. The second kappa shape index (κ2) is 9.19. The van der Waals surface area contributed by atoms with Crippen LogP contribution in [0.25, 0.3) is 0 Å². The highest BCUT2D eigenvalue weighted by Crippen LogP contribution is 1.98. The van der Waals surface area contributed by atoms with Gasteiger partial charge in [0.05, 0.1) is 19.8 Å². The summed E-state index contributed by atoms with van der Waals surface area (Å²) >= 11 is 5.78. The molecule has 4 nitrogen and oxygen atoms in total. The Morgan fingerprint density at radius 1 is 1.25 bits per heavy atom. The average molecular weight is 251 g/mol. The lowest BCUT2D eigenvalue weighted by Gasteiger charge is -2.29. The van der Waals surface area contributed by atoms with E-state index in [-0.39, 0.29) is 0 Å². The molecule has 0 bridgehead atoms. The van der Waals surface area contributed by atoms with E-state index >= 15 is 0 Å². The molecule has 0 radical (unpaired) electrons. The quantitative estimate of drug-likeness (QED) is 0.586. The Hall–Kier alpha value is 0.130. The maximum absolute atomic E-state index is 5.78. The van der Waals surface area contributed by atoms with Gasteiger partial charge in [0, 0.05) is 52.3 Å². The topological polar surface area (TPSA) is 24.9 Å². The number of alkyl halides is 1. The predicted molar refractivity (Wildman–Crippen MR) is 66.3 cm³/mol. The Kier molecular flexibility index (Phi) is 8.15. The summed E-state index contributed by atoms with van der Waals surface area (Å²) in [5.74, 6) is 0.687. The van der Waals surface area contributed by atoms with Gasteiger partial charge in [-0.25, -0.2) is 0 Å². The monoisotopic (exact) mass is 250 g/mol. The molecule has 1 rings (SSSR count). The summed E-state index contributed by atoms with van der Waals surface area (Å²) in [5.41, 5.74) is 0. The van der Waals surface area contributed by atoms with Gasteiger partial charge in [0.1, 0.15) is 0 Å². The van der Waals surface area contributed by atoms with Crippen LogP contribution in [0.5, 0.6) is 0 Å². The minimum absolute atomic E-state index is 0.687. The first kappa shape index (κ1) is 14.2. The Balaban J connectivity index is 2.14. The van der Waals surface area contributed by atoms with Gasteiger partial charge in [-0.3, -0.25) is 9.80 Å². The van der Waals surface area contributed by atoms with Gasteiger partial charge in [-0.1, -0.05) is 0 Å². The molecule has 0 amide bonds. The largest absolute Gasteiger partial charge is 0.383 e. The van der Waals surface area contributed by atoms with Gasteiger partial charge in [0.15, 0.2) is 0 Å². The zero-order valence-corrected chi connectivity index (χ0v) is 10.9. The van der Waals surface area contributed by atoms with Crippen LogP contribution in [0, 0.1) is 0 Å². The fourth-order valence-electron chi connectivity index (χ4n) is 1.78. The minimum atomic E-state index is 0.687. The van der Waals surface area contributed by atoms with E-state index in [1.165, 1.54) is 0 Å². The molecule has 1 saturated heterocycles. The second-order valence-corrected chi connectivity index (χ2v) is 4.36. The van der Waals surface area contributed by atoms with Crippen LogP contribution in [0.4, 0.5) is 0 Å². The van der Waals surface area contributed by atoms with Crippen molar-refractivity contribution in [1.29, 1.82) is 0 Å². The molecule has 0 aromatic rings. The number of morpholine rings is 1. The van der Waals surface area contributed by atoms with Crippen molar-refractivity contribution in [3.05, 3.63) is 0 Å². The lowest BCUT2D eigenvalue weighted by Crippen LogP contribution is -2.42. The Morgan fingerprint density at radius 3 is 2.62 bits per heavy atom. The second-order valence-electron chi connectivity index (χ2n) is 3.98. The Labute approximate surface area is 103 Å². The normalized spacial score (nSPS) is 18.2. The number of methoxy groups -OCH3 is 1. The highest BCUT2D eigenvalue weighted by atomic mass is 35.5. The van der Waals surface area contributed by atoms with E-state index in [1.54, 1.807) is 7.11 Å². The van der Waals surface area contributed by atoms with Crippen molar-refractivity contribution < 1.29 is 9.47 Å². The Bertz CT molecular complexity index is 166. The highest BCUT2D eigenvalue weighted by molar-refractivity contribution is 6.18. The van der Waals surface area contributed by atoms with Crippen LogP contribution in [0.1, 0.15) is 0 Å².